The Morgan fingerprint density at radius 2 is 2.41 bits per heavy atom. The van der Waals surface area contributed by atoms with Gasteiger partial charge in [0.05, 0.1) is 18.9 Å². The van der Waals surface area contributed by atoms with Crippen LogP contribution in [0.2, 0.25) is 0 Å². The highest BCUT2D eigenvalue weighted by molar-refractivity contribution is 5.94. The fourth-order valence-electron chi connectivity index (χ4n) is 1.63. The first-order valence-electron chi connectivity index (χ1n) is 5.45. The number of hydrogen-bond donors (Lipinski definition) is 2. The number of pyridine rings is 1. The number of nitrogens with zero attached hydrogens (tertiary/aromatic N) is 1. The van der Waals surface area contributed by atoms with E-state index in [1.54, 1.807) is 19.3 Å². The summed E-state index contributed by atoms with van der Waals surface area (Å²) in [5.74, 6) is -0.150. The number of aromatic nitrogens is 1. The summed E-state index contributed by atoms with van der Waals surface area (Å²) >= 11 is 0. The average molecular weight is 237 g/mol. The van der Waals surface area contributed by atoms with Crippen LogP contribution in [0.1, 0.15) is 0 Å². The third kappa shape index (κ3) is 2.92. The molecule has 2 N–H and O–H groups in total. The summed E-state index contributed by atoms with van der Waals surface area (Å²) in [6.07, 6.45) is 1.59. The smallest absolute Gasteiger partial charge is 0.250 e. The van der Waals surface area contributed by atoms with Crippen LogP contribution in [0.5, 0.6) is 0 Å². The molecule has 1 amide bonds. The standard InChI is InChI=1S/C11H15N3O3/c1-14-6-8(2-3-10(14)15)13-11(16)9-7-17-5-4-12-9/h2-3,6,9,12H,4-5,7H2,1H3,(H,13,16). The number of nitrogens with one attached hydrogen (secondary N) is 2. The summed E-state index contributed by atoms with van der Waals surface area (Å²) in [6.45, 7) is 1.67. The first-order chi connectivity index (χ1) is 8.16. The minimum absolute atomic E-state index is 0.109. The van der Waals surface area contributed by atoms with E-state index in [0.717, 1.165) is 0 Å². The van der Waals surface area contributed by atoms with Crippen LogP contribution in [0.4, 0.5) is 5.69 Å². The Morgan fingerprint density at radius 3 is 3.06 bits per heavy atom. The van der Waals surface area contributed by atoms with E-state index in [9.17, 15) is 9.59 Å². The van der Waals surface area contributed by atoms with Gasteiger partial charge in [0.2, 0.25) is 11.5 Å². The van der Waals surface area contributed by atoms with Gasteiger partial charge in [-0.2, -0.15) is 0 Å². The highest BCUT2D eigenvalue weighted by Gasteiger charge is 2.21. The molecule has 1 aromatic rings. The van der Waals surface area contributed by atoms with Crippen molar-refractivity contribution < 1.29 is 9.53 Å². The first kappa shape index (κ1) is 11.8. The molecule has 2 heterocycles. The van der Waals surface area contributed by atoms with Gasteiger partial charge in [-0.05, 0) is 6.07 Å². The molecule has 1 fully saturated rings. The molecule has 2 rings (SSSR count). The molecular weight excluding hydrogens is 222 g/mol. The molecule has 6 heteroatoms. The highest BCUT2D eigenvalue weighted by Crippen LogP contribution is 2.04. The van der Waals surface area contributed by atoms with Gasteiger partial charge in [-0.25, -0.2) is 0 Å². The van der Waals surface area contributed by atoms with E-state index in [1.807, 2.05) is 0 Å². The molecule has 0 bridgehead atoms. The Hall–Kier alpha value is -1.66. The minimum Gasteiger partial charge on any atom is -0.378 e. The summed E-state index contributed by atoms with van der Waals surface area (Å²) in [5, 5.41) is 5.80. The van der Waals surface area contributed by atoms with Crippen LogP contribution >= 0.6 is 0 Å². The fraction of sp³-hybridized carbons (Fsp3) is 0.455. The van der Waals surface area contributed by atoms with Crippen LogP contribution in [0.25, 0.3) is 0 Å². The molecule has 0 radical (unpaired) electrons. The normalized spacial score (nSPS) is 19.9. The summed E-state index contributed by atoms with van der Waals surface area (Å²) in [6, 6.07) is 2.67. The molecule has 92 valence electrons. The molecule has 17 heavy (non-hydrogen) atoms. The quantitative estimate of drug-likeness (QED) is 0.714. The van der Waals surface area contributed by atoms with Crippen LogP contribution in [0.15, 0.2) is 23.1 Å². The van der Waals surface area contributed by atoms with Gasteiger partial charge >= 0.3 is 0 Å². The summed E-state index contributed by atoms with van der Waals surface area (Å²) < 4.78 is 6.62. The third-order valence-corrected chi connectivity index (χ3v) is 2.59. The van der Waals surface area contributed by atoms with Gasteiger partial charge in [-0.1, -0.05) is 0 Å². The largest absolute Gasteiger partial charge is 0.378 e. The SMILES string of the molecule is Cn1cc(NC(=O)C2COCCN2)ccc1=O. The Morgan fingerprint density at radius 1 is 1.59 bits per heavy atom. The molecule has 0 aromatic carbocycles. The number of aryl methyl sites for hydroxylation is 1. The Bertz CT molecular complexity index is 463. The topological polar surface area (TPSA) is 72.4 Å². The summed E-state index contributed by atoms with van der Waals surface area (Å²) in [5.41, 5.74) is 0.492. The van der Waals surface area contributed by atoms with Crippen LogP contribution < -0.4 is 16.2 Å². The van der Waals surface area contributed by atoms with Crippen molar-refractivity contribution in [1.82, 2.24) is 9.88 Å². The lowest BCUT2D eigenvalue weighted by molar-refractivity contribution is -0.120. The minimum atomic E-state index is -0.332. The lowest BCUT2D eigenvalue weighted by Crippen LogP contribution is -2.48. The van der Waals surface area contributed by atoms with Gasteiger partial charge in [-0.15, -0.1) is 0 Å². The number of rotatable bonds is 2. The number of carbonyl (C=O) groups is 1. The molecule has 1 unspecified atom stereocenters. The zero-order valence-electron chi connectivity index (χ0n) is 9.60. The van der Waals surface area contributed by atoms with E-state index in [-0.39, 0.29) is 17.5 Å². The van der Waals surface area contributed by atoms with Gasteiger partial charge in [0.25, 0.3) is 0 Å². The number of morpholine rings is 1. The van der Waals surface area contributed by atoms with Crippen molar-refractivity contribution in [2.45, 2.75) is 6.04 Å². The van der Waals surface area contributed by atoms with Crippen LogP contribution in [-0.4, -0.2) is 36.3 Å². The fourth-order valence-corrected chi connectivity index (χ4v) is 1.63. The molecule has 6 nitrogen and oxygen atoms in total. The van der Waals surface area contributed by atoms with E-state index in [0.29, 0.717) is 25.4 Å². The molecule has 1 aliphatic rings. The van der Waals surface area contributed by atoms with E-state index >= 15 is 0 Å². The van der Waals surface area contributed by atoms with Crippen molar-refractivity contribution in [1.29, 1.82) is 0 Å². The van der Waals surface area contributed by atoms with Crippen molar-refractivity contribution in [3.05, 3.63) is 28.7 Å². The Balaban J connectivity index is 2.02. The van der Waals surface area contributed by atoms with Crippen LogP contribution in [-0.2, 0) is 16.6 Å². The predicted molar refractivity (Wildman–Crippen MR) is 62.9 cm³/mol. The van der Waals surface area contributed by atoms with E-state index in [1.165, 1.54) is 10.6 Å². The maximum Gasteiger partial charge on any atom is 0.250 e. The molecule has 1 aromatic heterocycles. The van der Waals surface area contributed by atoms with Crippen LogP contribution in [0, 0.1) is 0 Å². The van der Waals surface area contributed by atoms with Crippen molar-refractivity contribution in [3.8, 4) is 0 Å². The predicted octanol–water partition coefficient (Wildman–Crippen LogP) is -0.688. The Labute approximate surface area is 98.6 Å². The van der Waals surface area contributed by atoms with Crippen molar-refractivity contribution >= 4 is 11.6 Å². The maximum atomic E-state index is 11.8. The lowest BCUT2D eigenvalue weighted by Gasteiger charge is -2.22. The number of anilines is 1. The van der Waals surface area contributed by atoms with Gasteiger partial charge < -0.3 is 19.9 Å². The molecule has 0 saturated carbocycles. The Kier molecular flexibility index (Phi) is 3.55. The maximum absolute atomic E-state index is 11.8. The van der Waals surface area contributed by atoms with Gasteiger partial charge in [-0.3, -0.25) is 9.59 Å². The zero-order valence-corrected chi connectivity index (χ0v) is 9.60. The second-order valence-electron chi connectivity index (χ2n) is 3.94. The van der Waals surface area contributed by atoms with Crippen molar-refractivity contribution in [2.75, 3.05) is 25.1 Å². The van der Waals surface area contributed by atoms with E-state index in [4.69, 9.17) is 4.74 Å². The number of hydrogen-bond acceptors (Lipinski definition) is 4. The second-order valence-corrected chi connectivity index (χ2v) is 3.94. The highest BCUT2D eigenvalue weighted by atomic mass is 16.5. The molecule has 0 aliphatic carbocycles. The monoisotopic (exact) mass is 237 g/mol. The van der Waals surface area contributed by atoms with E-state index in [2.05, 4.69) is 10.6 Å². The number of ether oxygens (including phenoxy) is 1. The van der Waals surface area contributed by atoms with E-state index < -0.39 is 0 Å². The number of amides is 1. The molecule has 1 aliphatic heterocycles. The zero-order chi connectivity index (χ0) is 12.3. The van der Waals surface area contributed by atoms with Crippen LogP contribution in [0.3, 0.4) is 0 Å². The average Bonchev–Trinajstić information content (AvgIpc) is 2.35. The summed E-state index contributed by atoms with van der Waals surface area (Å²) in [7, 11) is 1.64. The van der Waals surface area contributed by atoms with Gasteiger partial charge in [0, 0.05) is 25.9 Å². The third-order valence-electron chi connectivity index (χ3n) is 2.59. The van der Waals surface area contributed by atoms with Gasteiger partial charge in [0.15, 0.2) is 0 Å². The molecular formula is C11H15N3O3. The molecule has 0 spiro atoms. The first-order valence-corrected chi connectivity index (χ1v) is 5.45. The second kappa shape index (κ2) is 5.11. The van der Waals surface area contributed by atoms with Crippen molar-refractivity contribution in [3.63, 3.8) is 0 Å². The molecule has 1 atom stereocenters. The van der Waals surface area contributed by atoms with Gasteiger partial charge in [0.1, 0.15) is 6.04 Å². The lowest BCUT2D eigenvalue weighted by atomic mass is 10.2. The number of carbonyl (C=O) groups excluding carboxylic acids is 1. The molecule has 1 saturated heterocycles. The van der Waals surface area contributed by atoms with Crippen molar-refractivity contribution in [2.24, 2.45) is 7.05 Å². The summed E-state index contributed by atoms with van der Waals surface area (Å²) in [4.78, 5) is 23.0.